The average molecular weight is 530 g/mol. The van der Waals surface area contributed by atoms with E-state index in [4.69, 9.17) is 42.2 Å². The molecule has 176 valence electrons. The molecule has 1 aliphatic rings. The van der Waals surface area contributed by atoms with E-state index in [-0.39, 0.29) is 30.0 Å². The lowest BCUT2D eigenvalue weighted by Gasteiger charge is -2.17. The lowest BCUT2D eigenvalue weighted by molar-refractivity contribution is 0.0178. The van der Waals surface area contributed by atoms with Crippen LogP contribution in [0.5, 0.6) is 0 Å². The summed E-state index contributed by atoms with van der Waals surface area (Å²) in [5.41, 5.74) is 2.63. The second-order valence-electron chi connectivity index (χ2n) is 7.55. The van der Waals surface area contributed by atoms with Gasteiger partial charge >= 0.3 is 0 Å². The molecule has 3 aromatic rings. The monoisotopic (exact) mass is 529 g/mol. The van der Waals surface area contributed by atoms with Gasteiger partial charge in [0.25, 0.3) is 0 Å². The highest BCUT2D eigenvalue weighted by Crippen LogP contribution is 2.44. The molecular weight excluding hydrogens is 507 g/mol. The van der Waals surface area contributed by atoms with Gasteiger partial charge in [-0.05, 0) is 53.8 Å². The van der Waals surface area contributed by atoms with E-state index in [0.29, 0.717) is 22.9 Å². The zero-order chi connectivity index (χ0) is 23.4. The fourth-order valence-corrected chi connectivity index (χ4v) is 5.57. The average Bonchev–Trinajstić information content (AvgIpc) is 3.25. The summed E-state index contributed by atoms with van der Waals surface area (Å²) < 4.78 is 11.4. The minimum Gasteiger partial charge on any atom is -0.368 e. The predicted octanol–water partition coefficient (Wildman–Crippen LogP) is 5.34. The molecule has 0 saturated carbocycles. The Morgan fingerprint density at radius 3 is 2.70 bits per heavy atom. The third kappa shape index (κ3) is 6.70. The first-order valence-corrected chi connectivity index (χ1v) is 13.8. The fourth-order valence-electron chi connectivity index (χ4n) is 3.67. The van der Waals surface area contributed by atoms with Crippen LogP contribution in [0.15, 0.2) is 42.5 Å². The van der Waals surface area contributed by atoms with Crippen molar-refractivity contribution in [3.8, 4) is 0 Å². The van der Waals surface area contributed by atoms with Crippen LogP contribution in [0.1, 0.15) is 30.1 Å². The maximum atomic E-state index is 9.71. The number of hydrogen-bond acceptors (Lipinski definition) is 8. The van der Waals surface area contributed by atoms with E-state index in [9.17, 15) is 4.89 Å². The van der Waals surface area contributed by atoms with Gasteiger partial charge in [-0.25, -0.2) is 9.97 Å². The molecule has 8 nitrogen and oxygen atoms in total. The van der Waals surface area contributed by atoms with Crippen molar-refractivity contribution in [2.24, 2.45) is 0 Å². The van der Waals surface area contributed by atoms with E-state index in [1.165, 1.54) is 0 Å². The largest absolute Gasteiger partial charge is 0.368 e. The standard InChI is InChI=1S/C21H23Cl2N3O5P2/c22-17-4-2-1-3-14(17)10-24-20-16-7-5-13(9-18(16)25-21(23)26-20)19-8-6-15(31-19)11-30-33(29)12-32(27)28/h1-5,7,9,15,19,27-29H,6,8,10-12H2,(H,24,25,26)/t15-,19?,33?/m0/s1. The normalized spacial score (nSPS) is 19.3. The summed E-state index contributed by atoms with van der Waals surface area (Å²) in [5.74, 6) is 0.484. The molecule has 33 heavy (non-hydrogen) atoms. The summed E-state index contributed by atoms with van der Waals surface area (Å²) in [4.78, 5) is 36.4. The predicted molar refractivity (Wildman–Crippen MR) is 131 cm³/mol. The Balaban J connectivity index is 1.43. The fraction of sp³-hybridized carbons (Fsp3) is 0.333. The van der Waals surface area contributed by atoms with Crippen LogP contribution in [0.25, 0.3) is 10.9 Å². The Kier molecular flexibility index (Phi) is 8.69. The first kappa shape index (κ1) is 24.9. The number of benzene rings is 2. The Morgan fingerprint density at radius 2 is 1.91 bits per heavy atom. The highest BCUT2D eigenvalue weighted by molar-refractivity contribution is 7.63. The third-order valence-corrected chi connectivity index (χ3v) is 8.20. The summed E-state index contributed by atoms with van der Waals surface area (Å²) in [6.45, 7) is 0.707. The topological polar surface area (TPSA) is 117 Å². The molecule has 0 aliphatic carbocycles. The maximum Gasteiger partial charge on any atom is 0.224 e. The quantitative estimate of drug-likeness (QED) is 0.216. The van der Waals surface area contributed by atoms with Gasteiger partial charge in [-0.1, -0.05) is 35.9 Å². The molecule has 0 radical (unpaired) electrons. The number of nitrogens with zero attached hydrogens (tertiary/aromatic N) is 2. The SMILES string of the molecule is OP(O)CP(O)OC[C@@H]1CCC(c2ccc3c(NCc4ccccc4Cl)nc(Cl)nc3c2)O1. The highest BCUT2D eigenvalue weighted by Gasteiger charge is 2.28. The number of rotatable bonds is 9. The van der Waals surface area contributed by atoms with E-state index in [2.05, 4.69) is 15.3 Å². The van der Waals surface area contributed by atoms with E-state index in [0.717, 1.165) is 29.4 Å². The van der Waals surface area contributed by atoms with Crippen molar-refractivity contribution in [1.82, 2.24) is 9.97 Å². The third-order valence-electron chi connectivity index (χ3n) is 5.23. The van der Waals surface area contributed by atoms with Gasteiger partial charge in [0.2, 0.25) is 5.28 Å². The van der Waals surface area contributed by atoms with Crippen molar-refractivity contribution >= 4 is 56.7 Å². The van der Waals surface area contributed by atoms with Gasteiger partial charge in [-0.15, -0.1) is 0 Å². The van der Waals surface area contributed by atoms with Gasteiger partial charge in [0, 0.05) is 17.0 Å². The van der Waals surface area contributed by atoms with E-state index >= 15 is 0 Å². The molecule has 2 unspecified atom stereocenters. The minimum atomic E-state index is -2.17. The smallest absolute Gasteiger partial charge is 0.224 e. The van der Waals surface area contributed by atoms with Gasteiger partial charge in [-0.2, -0.15) is 0 Å². The number of hydrogen-bond donors (Lipinski definition) is 4. The molecule has 0 amide bonds. The van der Waals surface area contributed by atoms with Gasteiger partial charge in [0.15, 0.2) is 16.8 Å². The number of aromatic nitrogens is 2. The van der Waals surface area contributed by atoms with Gasteiger partial charge in [0.05, 0.1) is 30.2 Å². The molecular formula is C21H23Cl2N3O5P2. The molecule has 1 aromatic heterocycles. The van der Waals surface area contributed by atoms with Crippen LogP contribution in [-0.4, -0.2) is 43.3 Å². The molecule has 12 heteroatoms. The van der Waals surface area contributed by atoms with Crippen molar-refractivity contribution < 1.29 is 23.9 Å². The lowest BCUT2D eigenvalue weighted by atomic mass is 10.0. The van der Waals surface area contributed by atoms with Crippen LogP contribution >= 0.6 is 40.0 Å². The van der Waals surface area contributed by atoms with Crippen molar-refractivity contribution in [1.29, 1.82) is 0 Å². The van der Waals surface area contributed by atoms with Crippen molar-refractivity contribution in [3.63, 3.8) is 0 Å². The van der Waals surface area contributed by atoms with Crippen LogP contribution in [-0.2, 0) is 15.8 Å². The lowest BCUT2D eigenvalue weighted by Crippen LogP contribution is -2.13. The van der Waals surface area contributed by atoms with Crippen LogP contribution < -0.4 is 5.32 Å². The molecule has 2 aromatic carbocycles. The van der Waals surface area contributed by atoms with Crippen LogP contribution in [0.2, 0.25) is 10.3 Å². The minimum absolute atomic E-state index is 0.131. The molecule has 4 N–H and O–H groups in total. The molecule has 4 rings (SSSR count). The number of nitrogens with one attached hydrogen (secondary N) is 1. The second kappa shape index (κ2) is 11.5. The summed E-state index contributed by atoms with van der Waals surface area (Å²) in [6, 6.07) is 13.5. The molecule has 1 fully saturated rings. The summed E-state index contributed by atoms with van der Waals surface area (Å²) in [7, 11) is -4.03. The number of halogens is 2. The number of ether oxygens (including phenoxy) is 1. The molecule has 2 heterocycles. The van der Waals surface area contributed by atoms with Crippen LogP contribution in [0, 0.1) is 0 Å². The number of anilines is 1. The van der Waals surface area contributed by atoms with E-state index < -0.39 is 16.8 Å². The van der Waals surface area contributed by atoms with E-state index in [1.807, 2.05) is 42.5 Å². The molecule has 0 bridgehead atoms. The Morgan fingerprint density at radius 1 is 1.09 bits per heavy atom. The second-order valence-corrected chi connectivity index (χ2v) is 11.1. The van der Waals surface area contributed by atoms with Crippen LogP contribution in [0.3, 0.4) is 0 Å². The Hall–Kier alpha value is -1.18. The first-order chi connectivity index (χ1) is 15.9. The zero-order valence-electron chi connectivity index (χ0n) is 17.4. The summed E-state index contributed by atoms with van der Waals surface area (Å²) in [5, 5.41) is 4.95. The Labute approximate surface area is 203 Å². The Bertz CT molecular complexity index is 1110. The molecule has 1 saturated heterocycles. The molecule has 3 atom stereocenters. The van der Waals surface area contributed by atoms with Gasteiger partial charge in [0.1, 0.15) is 5.82 Å². The maximum absolute atomic E-state index is 9.71. The summed E-state index contributed by atoms with van der Waals surface area (Å²) in [6.07, 6.45) is 1.27. The molecule has 1 aliphatic heterocycles. The van der Waals surface area contributed by atoms with Crippen LogP contribution in [0.4, 0.5) is 5.82 Å². The van der Waals surface area contributed by atoms with Gasteiger partial charge < -0.3 is 29.3 Å². The zero-order valence-corrected chi connectivity index (χ0v) is 20.7. The number of fused-ring (bicyclic) bond motifs is 1. The molecule has 0 spiro atoms. The van der Waals surface area contributed by atoms with Crippen molar-refractivity contribution in [3.05, 3.63) is 63.9 Å². The highest BCUT2D eigenvalue weighted by atomic mass is 35.5. The van der Waals surface area contributed by atoms with Gasteiger partial charge in [-0.3, -0.25) is 0 Å². The van der Waals surface area contributed by atoms with Crippen molar-refractivity contribution in [2.75, 3.05) is 17.8 Å². The van der Waals surface area contributed by atoms with E-state index in [1.54, 1.807) is 0 Å². The summed E-state index contributed by atoms with van der Waals surface area (Å²) >= 11 is 12.4. The first-order valence-electron chi connectivity index (χ1n) is 10.2. The van der Waals surface area contributed by atoms with Crippen molar-refractivity contribution in [2.45, 2.75) is 31.6 Å².